The smallest absolute Gasteiger partial charge is 0.243 e. The molecular weight excluding hydrogens is 364 g/mol. The molecule has 0 radical (unpaired) electrons. The summed E-state index contributed by atoms with van der Waals surface area (Å²) in [7, 11) is 0. The first-order valence-corrected chi connectivity index (χ1v) is 10.6. The molecule has 1 amide bonds. The number of aliphatic hydroxyl groups is 1. The molecule has 5 nitrogen and oxygen atoms in total. The number of nitrogens with one attached hydrogen (secondary N) is 1. The molecule has 0 aromatic heterocycles. The van der Waals surface area contributed by atoms with E-state index in [-0.39, 0.29) is 12.3 Å². The predicted octanol–water partition coefficient (Wildman–Crippen LogP) is 4.34. The zero-order chi connectivity index (χ0) is 21.1. The average Bonchev–Trinajstić information content (AvgIpc) is 2.77. The van der Waals surface area contributed by atoms with Crippen LogP contribution in [-0.2, 0) is 11.2 Å². The lowest BCUT2D eigenvalue weighted by molar-refractivity contribution is -0.129. The van der Waals surface area contributed by atoms with Crippen molar-refractivity contribution in [1.29, 1.82) is 0 Å². The van der Waals surface area contributed by atoms with E-state index in [4.69, 9.17) is 5.21 Å². The van der Waals surface area contributed by atoms with E-state index < -0.39 is 6.10 Å². The van der Waals surface area contributed by atoms with Crippen LogP contribution >= 0.6 is 0 Å². The summed E-state index contributed by atoms with van der Waals surface area (Å²) < 4.78 is 0. The molecule has 0 bridgehead atoms. The van der Waals surface area contributed by atoms with E-state index in [0.717, 1.165) is 43.6 Å². The second kappa shape index (κ2) is 12.4. The maximum atomic E-state index is 11.0. The Bertz CT molecular complexity index is 725. The Balaban J connectivity index is 1.86. The minimum Gasteiger partial charge on any atom is -0.388 e. The van der Waals surface area contributed by atoms with Gasteiger partial charge in [-0.2, -0.15) is 0 Å². The van der Waals surface area contributed by atoms with E-state index in [1.807, 2.05) is 24.3 Å². The van der Waals surface area contributed by atoms with E-state index in [9.17, 15) is 9.90 Å². The molecule has 2 rings (SSSR count). The molecule has 0 fully saturated rings. The molecule has 0 aliphatic heterocycles. The number of likely N-dealkylation sites (N-methyl/N-ethyl adjacent to an activating group) is 1. The van der Waals surface area contributed by atoms with Gasteiger partial charge in [0.1, 0.15) is 0 Å². The maximum absolute atomic E-state index is 11.0. The van der Waals surface area contributed by atoms with Crippen LogP contribution in [0.5, 0.6) is 0 Å². The number of unbranched alkanes of at least 4 members (excludes halogenated alkanes) is 1. The fourth-order valence-corrected chi connectivity index (χ4v) is 3.43. The summed E-state index contributed by atoms with van der Waals surface area (Å²) in [6.45, 7) is 7.66. The van der Waals surface area contributed by atoms with Crippen molar-refractivity contribution in [1.82, 2.24) is 10.4 Å². The van der Waals surface area contributed by atoms with Gasteiger partial charge in [-0.3, -0.25) is 10.0 Å². The molecule has 3 N–H and O–H groups in total. The zero-order valence-corrected chi connectivity index (χ0v) is 17.6. The molecule has 5 heteroatoms. The quantitative estimate of drug-likeness (QED) is 0.283. The molecule has 0 saturated heterocycles. The van der Waals surface area contributed by atoms with E-state index in [0.29, 0.717) is 12.8 Å². The summed E-state index contributed by atoms with van der Waals surface area (Å²) in [5.41, 5.74) is 6.17. The van der Waals surface area contributed by atoms with Gasteiger partial charge in [0.05, 0.1) is 6.10 Å². The Hall–Kier alpha value is -2.21. The van der Waals surface area contributed by atoms with Gasteiger partial charge in [0.2, 0.25) is 5.91 Å². The summed E-state index contributed by atoms with van der Waals surface area (Å²) in [5, 5.41) is 18.8. The van der Waals surface area contributed by atoms with Crippen LogP contribution in [0, 0.1) is 0 Å². The molecule has 2 aromatic carbocycles. The topological polar surface area (TPSA) is 72.8 Å². The van der Waals surface area contributed by atoms with Gasteiger partial charge in [-0.25, -0.2) is 5.48 Å². The monoisotopic (exact) mass is 398 g/mol. The Kier molecular flexibility index (Phi) is 9.84. The van der Waals surface area contributed by atoms with Crippen LogP contribution in [0.2, 0.25) is 0 Å². The number of amides is 1. The van der Waals surface area contributed by atoms with Crippen molar-refractivity contribution < 1.29 is 15.1 Å². The first-order valence-electron chi connectivity index (χ1n) is 10.6. The van der Waals surface area contributed by atoms with Crippen LogP contribution < -0.4 is 5.48 Å². The third-order valence-corrected chi connectivity index (χ3v) is 5.45. The van der Waals surface area contributed by atoms with E-state index >= 15 is 0 Å². The van der Waals surface area contributed by atoms with Crippen LogP contribution in [0.1, 0.15) is 56.8 Å². The minimum atomic E-state index is -0.538. The number of nitrogens with zero attached hydrogens (tertiary/aromatic N) is 1. The van der Waals surface area contributed by atoms with Crippen LogP contribution in [-0.4, -0.2) is 40.8 Å². The lowest BCUT2D eigenvalue weighted by Gasteiger charge is -2.17. The highest BCUT2D eigenvalue weighted by molar-refractivity contribution is 5.74. The summed E-state index contributed by atoms with van der Waals surface area (Å²) in [6, 6.07) is 16.7. The standard InChI is InChI=1S/C24H34N2O3/c1-3-26(4-2)18-17-19-9-11-20(12-10-19)21-13-15-22(16-14-21)23(27)7-5-6-8-24(28)25-29/h9-16,23,27,29H,3-8,17-18H2,1-2H3,(H,25,28)/t23-/m1/s1. The SMILES string of the molecule is CCN(CC)CCc1ccc(-c2ccc([C@H](O)CCCCC(=O)NO)cc2)cc1. The zero-order valence-electron chi connectivity index (χ0n) is 17.6. The highest BCUT2D eigenvalue weighted by Crippen LogP contribution is 2.25. The molecule has 0 spiro atoms. The second-order valence-electron chi connectivity index (χ2n) is 7.39. The van der Waals surface area contributed by atoms with Crippen molar-refractivity contribution in [3.8, 4) is 11.1 Å². The van der Waals surface area contributed by atoms with Crippen LogP contribution in [0.3, 0.4) is 0 Å². The van der Waals surface area contributed by atoms with Gasteiger partial charge in [0.25, 0.3) is 0 Å². The fourth-order valence-electron chi connectivity index (χ4n) is 3.43. The highest BCUT2D eigenvalue weighted by atomic mass is 16.5. The highest BCUT2D eigenvalue weighted by Gasteiger charge is 2.09. The van der Waals surface area contributed by atoms with Crippen LogP contribution in [0.15, 0.2) is 48.5 Å². The summed E-state index contributed by atoms with van der Waals surface area (Å²) in [6.07, 6.45) is 2.76. The van der Waals surface area contributed by atoms with Gasteiger partial charge in [-0.05, 0) is 54.6 Å². The molecule has 1 atom stereocenters. The Morgan fingerprint density at radius 1 is 0.966 bits per heavy atom. The molecule has 0 unspecified atom stereocenters. The molecule has 2 aromatic rings. The molecule has 0 heterocycles. The molecule has 29 heavy (non-hydrogen) atoms. The minimum absolute atomic E-state index is 0.271. The van der Waals surface area contributed by atoms with Crippen molar-refractivity contribution in [2.24, 2.45) is 0 Å². The van der Waals surface area contributed by atoms with Crippen molar-refractivity contribution >= 4 is 5.91 Å². The number of carbonyl (C=O) groups is 1. The van der Waals surface area contributed by atoms with E-state index in [1.54, 1.807) is 5.48 Å². The summed E-state index contributed by atoms with van der Waals surface area (Å²) in [5.74, 6) is -0.386. The number of carbonyl (C=O) groups excluding carboxylic acids is 1. The summed E-state index contributed by atoms with van der Waals surface area (Å²) >= 11 is 0. The summed E-state index contributed by atoms with van der Waals surface area (Å²) in [4.78, 5) is 13.4. The van der Waals surface area contributed by atoms with E-state index in [2.05, 4.69) is 43.0 Å². The van der Waals surface area contributed by atoms with Gasteiger partial charge in [-0.1, -0.05) is 68.8 Å². The first-order chi connectivity index (χ1) is 14.1. The Morgan fingerprint density at radius 2 is 1.55 bits per heavy atom. The van der Waals surface area contributed by atoms with Gasteiger partial charge in [-0.15, -0.1) is 0 Å². The Labute approximate surface area is 174 Å². The van der Waals surface area contributed by atoms with Crippen molar-refractivity contribution in [3.63, 3.8) is 0 Å². The molecule has 158 valence electrons. The van der Waals surface area contributed by atoms with Crippen molar-refractivity contribution in [3.05, 3.63) is 59.7 Å². The largest absolute Gasteiger partial charge is 0.388 e. The van der Waals surface area contributed by atoms with Crippen molar-refractivity contribution in [2.45, 2.75) is 52.1 Å². The van der Waals surface area contributed by atoms with Gasteiger partial charge in [0.15, 0.2) is 0 Å². The molecule has 0 saturated carbocycles. The average molecular weight is 399 g/mol. The number of benzene rings is 2. The van der Waals surface area contributed by atoms with Crippen LogP contribution in [0.25, 0.3) is 11.1 Å². The molecular formula is C24H34N2O3. The first kappa shape index (κ1) is 23.1. The normalized spacial score (nSPS) is 12.2. The fraction of sp³-hybridized carbons (Fsp3) is 0.458. The molecule has 0 aliphatic rings. The van der Waals surface area contributed by atoms with Gasteiger partial charge >= 0.3 is 0 Å². The van der Waals surface area contributed by atoms with Gasteiger partial charge < -0.3 is 10.0 Å². The maximum Gasteiger partial charge on any atom is 0.243 e. The lowest BCUT2D eigenvalue weighted by atomic mass is 9.98. The van der Waals surface area contributed by atoms with Crippen LogP contribution in [0.4, 0.5) is 0 Å². The number of hydrogen-bond donors (Lipinski definition) is 3. The number of hydroxylamine groups is 1. The van der Waals surface area contributed by atoms with Gasteiger partial charge in [0, 0.05) is 13.0 Å². The molecule has 0 aliphatic carbocycles. The third-order valence-electron chi connectivity index (χ3n) is 5.45. The Morgan fingerprint density at radius 3 is 2.10 bits per heavy atom. The number of aliphatic hydroxyl groups excluding tert-OH is 1. The number of hydrogen-bond acceptors (Lipinski definition) is 4. The lowest BCUT2D eigenvalue weighted by Crippen LogP contribution is -2.25. The third kappa shape index (κ3) is 7.61. The number of rotatable bonds is 12. The second-order valence-corrected chi connectivity index (χ2v) is 7.39. The van der Waals surface area contributed by atoms with E-state index in [1.165, 1.54) is 11.1 Å². The predicted molar refractivity (Wildman–Crippen MR) is 117 cm³/mol. The van der Waals surface area contributed by atoms with Crippen molar-refractivity contribution in [2.75, 3.05) is 19.6 Å².